The van der Waals surface area contributed by atoms with Crippen molar-refractivity contribution in [1.29, 1.82) is 0 Å². The van der Waals surface area contributed by atoms with E-state index in [0.29, 0.717) is 10.7 Å². The van der Waals surface area contributed by atoms with Gasteiger partial charge in [-0.2, -0.15) is 0 Å². The monoisotopic (exact) mass is 266 g/mol. The number of carbonyl (C=O) groups excluding carboxylic acids is 1. The molecule has 0 aliphatic rings. The molecule has 1 atom stereocenters. The van der Waals surface area contributed by atoms with Crippen LogP contribution in [0.5, 0.6) is 0 Å². The SMILES string of the molecule is CC(NC(=O)c1ccc(Cl)nc1)c1cccs1. The molecule has 0 aliphatic heterocycles. The van der Waals surface area contributed by atoms with Crippen molar-refractivity contribution in [2.45, 2.75) is 13.0 Å². The Kier molecular flexibility index (Phi) is 3.76. The molecule has 88 valence electrons. The van der Waals surface area contributed by atoms with Gasteiger partial charge in [-0.3, -0.25) is 4.79 Å². The van der Waals surface area contributed by atoms with Gasteiger partial charge in [-0.1, -0.05) is 17.7 Å². The molecule has 0 radical (unpaired) electrons. The number of nitrogens with one attached hydrogen (secondary N) is 1. The second-order valence-corrected chi connectivity index (χ2v) is 4.95. The number of hydrogen-bond acceptors (Lipinski definition) is 3. The molecule has 2 rings (SSSR count). The minimum atomic E-state index is -0.143. The third-order valence-electron chi connectivity index (χ3n) is 2.31. The van der Waals surface area contributed by atoms with Crippen molar-refractivity contribution in [3.8, 4) is 0 Å². The van der Waals surface area contributed by atoms with Crippen molar-refractivity contribution in [3.63, 3.8) is 0 Å². The fraction of sp³-hybridized carbons (Fsp3) is 0.167. The first-order valence-corrected chi connectivity index (χ1v) is 6.38. The molecule has 5 heteroatoms. The van der Waals surface area contributed by atoms with Gasteiger partial charge in [0.05, 0.1) is 11.6 Å². The number of pyridine rings is 1. The summed E-state index contributed by atoms with van der Waals surface area (Å²) in [5.74, 6) is -0.143. The molecule has 3 nitrogen and oxygen atoms in total. The van der Waals surface area contributed by atoms with E-state index < -0.39 is 0 Å². The lowest BCUT2D eigenvalue weighted by Gasteiger charge is -2.11. The Hall–Kier alpha value is -1.39. The van der Waals surface area contributed by atoms with Crippen molar-refractivity contribution in [1.82, 2.24) is 10.3 Å². The maximum atomic E-state index is 11.9. The van der Waals surface area contributed by atoms with E-state index in [1.807, 2.05) is 24.4 Å². The first-order valence-electron chi connectivity index (χ1n) is 5.12. The summed E-state index contributed by atoms with van der Waals surface area (Å²) < 4.78 is 0. The lowest BCUT2D eigenvalue weighted by Crippen LogP contribution is -2.26. The molecule has 1 N–H and O–H groups in total. The van der Waals surface area contributed by atoms with Gasteiger partial charge in [0.15, 0.2) is 0 Å². The zero-order valence-electron chi connectivity index (χ0n) is 9.18. The number of amides is 1. The van der Waals surface area contributed by atoms with Gasteiger partial charge in [0.2, 0.25) is 0 Å². The van der Waals surface area contributed by atoms with Crippen molar-refractivity contribution in [3.05, 3.63) is 51.4 Å². The number of rotatable bonds is 3. The smallest absolute Gasteiger partial charge is 0.253 e. The van der Waals surface area contributed by atoms with Crippen LogP contribution in [0.4, 0.5) is 0 Å². The zero-order valence-corrected chi connectivity index (χ0v) is 10.8. The quantitative estimate of drug-likeness (QED) is 0.867. The molecule has 17 heavy (non-hydrogen) atoms. The molecular formula is C12H11ClN2OS. The third-order valence-corrected chi connectivity index (χ3v) is 3.59. The van der Waals surface area contributed by atoms with Gasteiger partial charge in [-0.25, -0.2) is 4.98 Å². The summed E-state index contributed by atoms with van der Waals surface area (Å²) in [5.41, 5.74) is 0.512. The van der Waals surface area contributed by atoms with Crippen molar-refractivity contribution in [2.24, 2.45) is 0 Å². The van der Waals surface area contributed by atoms with Crippen LogP contribution in [0, 0.1) is 0 Å². The van der Waals surface area contributed by atoms with Gasteiger partial charge < -0.3 is 5.32 Å². The Morgan fingerprint density at radius 1 is 1.47 bits per heavy atom. The van der Waals surface area contributed by atoms with Crippen LogP contribution >= 0.6 is 22.9 Å². The van der Waals surface area contributed by atoms with Crippen LogP contribution < -0.4 is 5.32 Å². The summed E-state index contributed by atoms with van der Waals surface area (Å²) in [7, 11) is 0. The molecule has 0 saturated carbocycles. The van der Waals surface area contributed by atoms with E-state index >= 15 is 0 Å². The molecule has 0 bridgehead atoms. The fourth-order valence-corrected chi connectivity index (χ4v) is 2.25. The summed E-state index contributed by atoms with van der Waals surface area (Å²) in [6.45, 7) is 1.95. The van der Waals surface area contributed by atoms with E-state index in [1.54, 1.807) is 23.5 Å². The van der Waals surface area contributed by atoms with Gasteiger partial charge >= 0.3 is 0 Å². The number of aromatic nitrogens is 1. The molecule has 2 aromatic heterocycles. The normalized spacial score (nSPS) is 12.1. The molecule has 1 amide bonds. The molecule has 0 aromatic carbocycles. The minimum absolute atomic E-state index is 0.00169. The van der Waals surface area contributed by atoms with E-state index in [9.17, 15) is 4.79 Å². The Labute approximate surface area is 108 Å². The molecule has 2 aromatic rings. The van der Waals surface area contributed by atoms with E-state index in [2.05, 4.69) is 10.3 Å². The van der Waals surface area contributed by atoms with Gasteiger partial charge in [0, 0.05) is 11.1 Å². The van der Waals surface area contributed by atoms with Crippen molar-refractivity contribution in [2.75, 3.05) is 0 Å². The molecule has 2 heterocycles. The number of carbonyl (C=O) groups is 1. The first-order chi connectivity index (χ1) is 8.16. The van der Waals surface area contributed by atoms with Crippen LogP contribution in [0.3, 0.4) is 0 Å². The first kappa shape index (κ1) is 12.1. The Morgan fingerprint density at radius 3 is 2.88 bits per heavy atom. The van der Waals surface area contributed by atoms with Crippen molar-refractivity contribution < 1.29 is 4.79 Å². The highest BCUT2D eigenvalue weighted by atomic mass is 35.5. The van der Waals surface area contributed by atoms with Crippen molar-refractivity contribution >= 4 is 28.8 Å². The summed E-state index contributed by atoms with van der Waals surface area (Å²) >= 11 is 7.28. The van der Waals surface area contributed by atoms with E-state index in [-0.39, 0.29) is 11.9 Å². The standard InChI is InChI=1S/C12H11ClN2OS/c1-8(10-3-2-6-17-10)15-12(16)9-4-5-11(13)14-7-9/h2-8H,1H3,(H,15,16). The van der Waals surface area contributed by atoms with E-state index in [1.165, 1.54) is 6.20 Å². The highest BCUT2D eigenvalue weighted by Gasteiger charge is 2.12. The molecule has 0 spiro atoms. The maximum Gasteiger partial charge on any atom is 0.253 e. The second-order valence-electron chi connectivity index (χ2n) is 3.58. The Bertz CT molecular complexity index is 496. The molecule has 0 aliphatic carbocycles. The second kappa shape index (κ2) is 5.29. The third kappa shape index (κ3) is 3.05. The Morgan fingerprint density at radius 2 is 2.29 bits per heavy atom. The number of thiophene rings is 1. The van der Waals surface area contributed by atoms with Crippen LogP contribution in [0.2, 0.25) is 5.15 Å². The fourth-order valence-electron chi connectivity index (χ4n) is 1.40. The Balaban J connectivity index is 2.04. The van der Waals surface area contributed by atoms with E-state index in [0.717, 1.165) is 4.88 Å². The van der Waals surface area contributed by atoms with Gasteiger partial charge in [0.1, 0.15) is 5.15 Å². The maximum absolute atomic E-state index is 11.9. The molecule has 0 saturated heterocycles. The average Bonchev–Trinajstić information content (AvgIpc) is 2.83. The lowest BCUT2D eigenvalue weighted by molar-refractivity contribution is 0.0940. The molecule has 0 fully saturated rings. The number of nitrogens with zero attached hydrogens (tertiary/aromatic N) is 1. The van der Waals surface area contributed by atoms with Gasteiger partial charge in [0.25, 0.3) is 5.91 Å². The zero-order chi connectivity index (χ0) is 12.3. The molecule has 1 unspecified atom stereocenters. The molecular weight excluding hydrogens is 256 g/mol. The number of halogens is 1. The number of hydrogen-bond donors (Lipinski definition) is 1. The van der Waals surface area contributed by atoms with Gasteiger partial charge in [-0.05, 0) is 30.5 Å². The predicted molar refractivity (Wildman–Crippen MR) is 69.4 cm³/mol. The topological polar surface area (TPSA) is 42.0 Å². The van der Waals surface area contributed by atoms with Crippen LogP contribution in [0.1, 0.15) is 28.2 Å². The van der Waals surface area contributed by atoms with Gasteiger partial charge in [-0.15, -0.1) is 11.3 Å². The van der Waals surface area contributed by atoms with E-state index in [4.69, 9.17) is 11.6 Å². The van der Waals surface area contributed by atoms with Crippen LogP contribution in [0.25, 0.3) is 0 Å². The van der Waals surface area contributed by atoms with Crippen LogP contribution in [-0.4, -0.2) is 10.9 Å². The minimum Gasteiger partial charge on any atom is -0.345 e. The summed E-state index contributed by atoms with van der Waals surface area (Å²) in [4.78, 5) is 16.9. The summed E-state index contributed by atoms with van der Waals surface area (Å²) in [6, 6.07) is 7.22. The average molecular weight is 267 g/mol. The highest BCUT2D eigenvalue weighted by molar-refractivity contribution is 7.10. The van der Waals surface area contributed by atoms with Crippen LogP contribution in [-0.2, 0) is 0 Å². The summed E-state index contributed by atoms with van der Waals surface area (Å²) in [5, 5.41) is 5.28. The predicted octanol–water partition coefficient (Wildman–Crippen LogP) is 3.29. The summed E-state index contributed by atoms with van der Waals surface area (Å²) in [6.07, 6.45) is 1.47. The highest BCUT2D eigenvalue weighted by Crippen LogP contribution is 2.18. The largest absolute Gasteiger partial charge is 0.345 e. The van der Waals surface area contributed by atoms with Crippen LogP contribution in [0.15, 0.2) is 35.8 Å². The lowest BCUT2D eigenvalue weighted by atomic mass is 10.2.